The van der Waals surface area contributed by atoms with Crippen LogP contribution in [0.1, 0.15) is 29.3 Å². The number of fused-ring (bicyclic) bond motifs is 3. The second-order valence-corrected chi connectivity index (χ2v) is 7.31. The van der Waals surface area contributed by atoms with E-state index >= 15 is 0 Å². The Morgan fingerprint density at radius 2 is 1.80 bits per heavy atom. The fraction of sp³-hybridized carbons (Fsp3) is 0.261. The first-order valence-corrected chi connectivity index (χ1v) is 9.55. The van der Waals surface area contributed by atoms with Crippen LogP contribution in [0.25, 0.3) is 16.5 Å². The van der Waals surface area contributed by atoms with Gasteiger partial charge in [0.2, 0.25) is 0 Å². The molecule has 0 aliphatic carbocycles. The maximum atomic E-state index is 14.1. The van der Waals surface area contributed by atoms with Gasteiger partial charge in [0, 0.05) is 11.0 Å². The Morgan fingerprint density at radius 3 is 2.43 bits per heavy atom. The number of hydrogen-bond acceptors (Lipinski definition) is 3. The Kier molecular flexibility index (Phi) is 4.73. The van der Waals surface area contributed by atoms with Gasteiger partial charge in [0.15, 0.2) is 0 Å². The monoisotopic (exact) mass is 415 g/mol. The highest BCUT2D eigenvalue weighted by Gasteiger charge is 2.58. The van der Waals surface area contributed by atoms with E-state index in [-0.39, 0.29) is 29.8 Å². The van der Waals surface area contributed by atoms with Crippen LogP contribution in [-0.2, 0) is 21.7 Å². The Hall–Kier alpha value is -3.06. The van der Waals surface area contributed by atoms with Crippen molar-refractivity contribution in [3.05, 3.63) is 77.0 Å². The third kappa shape index (κ3) is 3.01. The smallest absolute Gasteiger partial charge is 0.441 e. The number of hydrogen-bond donors (Lipinski definition) is 1. The first-order valence-electron chi connectivity index (χ1n) is 9.55. The van der Waals surface area contributed by atoms with Crippen molar-refractivity contribution in [2.75, 3.05) is 6.61 Å². The molecule has 2 heterocycles. The molecule has 30 heavy (non-hydrogen) atoms. The Balaban J connectivity index is 2.05. The van der Waals surface area contributed by atoms with Crippen molar-refractivity contribution in [1.29, 1.82) is 0 Å². The van der Waals surface area contributed by atoms with Crippen LogP contribution < -0.4 is 0 Å². The highest BCUT2D eigenvalue weighted by Crippen LogP contribution is 2.50. The van der Waals surface area contributed by atoms with E-state index in [1.165, 1.54) is 6.07 Å². The van der Waals surface area contributed by atoms with Crippen molar-refractivity contribution in [2.45, 2.75) is 32.2 Å². The van der Waals surface area contributed by atoms with E-state index < -0.39 is 17.9 Å². The SMILES string of the molecule is CCOC(=O)Cc1c2n(c3ccccc13)C(O)(C(F)(F)F)C=C2c1ccc(C)cc1. The molecule has 0 fully saturated rings. The van der Waals surface area contributed by atoms with E-state index in [2.05, 4.69) is 0 Å². The van der Waals surface area contributed by atoms with E-state index in [1.54, 1.807) is 49.4 Å². The van der Waals surface area contributed by atoms with Crippen LogP contribution in [0.15, 0.2) is 54.6 Å². The molecule has 1 aliphatic rings. The Morgan fingerprint density at radius 1 is 1.13 bits per heavy atom. The number of alkyl halides is 3. The molecule has 1 atom stereocenters. The molecule has 1 N–H and O–H groups in total. The largest absolute Gasteiger partial charge is 0.466 e. The van der Waals surface area contributed by atoms with E-state index in [1.807, 2.05) is 6.92 Å². The number of aryl methyl sites for hydroxylation is 1. The van der Waals surface area contributed by atoms with Crippen LogP contribution in [0.4, 0.5) is 13.2 Å². The lowest BCUT2D eigenvalue weighted by atomic mass is 9.96. The minimum Gasteiger partial charge on any atom is -0.466 e. The van der Waals surface area contributed by atoms with Crippen molar-refractivity contribution in [3.8, 4) is 0 Å². The normalized spacial score (nSPS) is 18.4. The van der Waals surface area contributed by atoms with Gasteiger partial charge in [0.1, 0.15) is 0 Å². The van der Waals surface area contributed by atoms with Crippen LogP contribution in [0.3, 0.4) is 0 Å². The maximum absolute atomic E-state index is 14.1. The predicted octanol–water partition coefficient (Wildman–Crippen LogP) is 4.71. The third-order valence-electron chi connectivity index (χ3n) is 5.33. The summed E-state index contributed by atoms with van der Waals surface area (Å²) in [7, 11) is 0. The number of ether oxygens (including phenoxy) is 1. The molecule has 4 nitrogen and oxygen atoms in total. The van der Waals surface area contributed by atoms with Crippen molar-refractivity contribution in [2.24, 2.45) is 0 Å². The summed E-state index contributed by atoms with van der Waals surface area (Å²) < 4.78 is 48.2. The zero-order valence-corrected chi connectivity index (χ0v) is 16.5. The van der Waals surface area contributed by atoms with Crippen LogP contribution in [0.5, 0.6) is 0 Å². The molecule has 0 amide bonds. The van der Waals surface area contributed by atoms with Gasteiger partial charge >= 0.3 is 12.1 Å². The fourth-order valence-corrected chi connectivity index (χ4v) is 3.98. The first kappa shape index (κ1) is 20.2. The van der Waals surface area contributed by atoms with Crippen molar-refractivity contribution in [3.63, 3.8) is 0 Å². The number of benzene rings is 2. The van der Waals surface area contributed by atoms with Gasteiger partial charge in [-0.2, -0.15) is 13.2 Å². The second kappa shape index (κ2) is 7.02. The molecule has 0 spiro atoms. The van der Waals surface area contributed by atoms with Crippen molar-refractivity contribution in [1.82, 2.24) is 4.57 Å². The van der Waals surface area contributed by atoms with Gasteiger partial charge in [-0.1, -0.05) is 48.0 Å². The quantitative estimate of drug-likeness (QED) is 0.628. The summed E-state index contributed by atoms with van der Waals surface area (Å²) in [6.45, 7) is 3.71. The molecule has 7 heteroatoms. The Bertz CT molecular complexity index is 1160. The lowest BCUT2D eigenvalue weighted by Crippen LogP contribution is -2.44. The van der Waals surface area contributed by atoms with E-state index in [9.17, 15) is 23.1 Å². The van der Waals surface area contributed by atoms with Gasteiger partial charge in [0.25, 0.3) is 5.72 Å². The lowest BCUT2D eigenvalue weighted by molar-refractivity contribution is -0.272. The van der Waals surface area contributed by atoms with Gasteiger partial charge in [-0.3, -0.25) is 4.79 Å². The maximum Gasteiger partial charge on any atom is 0.441 e. The van der Waals surface area contributed by atoms with Crippen LogP contribution >= 0.6 is 0 Å². The van der Waals surface area contributed by atoms with Gasteiger partial charge in [-0.05, 0) is 37.1 Å². The highest BCUT2D eigenvalue weighted by molar-refractivity contribution is 5.98. The summed E-state index contributed by atoms with van der Waals surface area (Å²) in [5.74, 6) is -0.539. The minimum absolute atomic E-state index is 0.167. The highest BCUT2D eigenvalue weighted by atomic mass is 19.4. The average Bonchev–Trinajstić information content (AvgIpc) is 3.18. The molecule has 2 aromatic carbocycles. The molecule has 0 bridgehead atoms. The summed E-state index contributed by atoms with van der Waals surface area (Å²) in [5.41, 5.74) is -0.750. The minimum atomic E-state index is -4.96. The van der Waals surface area contributed by atoms with Crippen LogP contribution in [0, 0.1) is 6.92 Å². The summed E-state index contributed by atoms with van der Waals surface area (Å²) >= 11 is 0. The van der Waals surface area contributed by atoms with E-state index in [4.69, 9.17) is 4.74 Å². The standard InChI is InChI=1S/C23H20F3NO3/c1-3-30-20(28)12-17-16-6-4-5-7-19(16)27-21(17)18(13-22(27,29)23(24,25)26)15-10-8-14(2)9-11-15/h4-11,13,29H,3,12H2,1-2H3. The zero-order chi connectivity index (χ0) is 21.7. The summed E-state index contributed by atoms with van der Waals surface area (Å²) in [6.07, 6.45) is -4.33. The number of aromatic nitrogens is 1. The molecule has 3 aromatic rings. The molecule has 1 aliphatic heterocycles. The van der Waals surface area contributed by atoms with Crippen molar-refractivity contribution < 1.29 is 27.8 Å². The zero-order valence-electron chi connectivity index (χ0n) is 16.5. The number of aliphatic hydroxyl groups is 1. The molecule has 0 radical (unpaired) electrons. The van der Waals surface area contributed by atoms with Crippen molar-refractivity contribution >= 4 is 22.4 Å². The van der Waals surface area contributed by atoms with Crippen LogP contribution in [0.2, 0.25) is 0 Å². The summed E-state index contributed by atoms with van der Waals surface area (Å²) in [5, 5.41) is 11.3. The molecule has 1 unspecified atom stereocenters. The van der Waals surface area contributed by atoms with E-state index in [0.29, 0.717) is 16.5 Å². The molecule has 1 aromatic heterocycles. The summed E-state index contributed by atoms with van der Waals surface area (Å²) in [6, 6.07) is 13.4. The van der Waals surface area contributed by atoms with Crippen LogP contribution in [-0.4, -0.2) is 28.4 Å². The number of para-hydroxylation sites is 1. The topological polar surface area (TPSA) is 51.5 Å². The first-order chi connectivity index (χ1) is 14.2. The number of carbonyl (C=O) groups is 1. The van der Waals surface area contributed by atoms with Gasteiger partial charge in [-0.25, -0.2) is 0 Å². The fourth-order valence-electron chi connectivity index (χ4n) is 3.98. The number of halogens is 3. The number of rotatable bonds is 4. The molecule has 4 rings (SSSR count). The molecule has 0 saturated heterocycles. The molecule has 156 valence electrons. The van der Waals surface area contributed by atoms with Gasteiger partial charge < -0.3 is 14.4 Å². The molecular weight excluding hydrogens is 395 g/mol. The Labute approximate surface area is 171 Å². The average molecular weight is 415 g/mol. The second-order valence-electron chi connectivity index (χ2n) is 7.31. The number of nitrogens with zero attached hydrogens (tertiary/aromatic N) is 1. The van der Waals surface area contributed by atoms with Gasteiger partial charge in [-0.15, -0.1) is 0 Å². The molecular formula is C23H20F3NO3. The number of esters is 1. The summed E-state index contributed by atoms with van der Waals surface area (Å²) in [4.78, 5) is 12.3. The molecule has 0 saturated carbocycles. The lowest BCUT2D eigenvalue weighted by Gasteiger charge is -2.27. The third-order valence-corrected chi connectivity index (χ3v) is 5.33. The number of carbonyl (C=O) groups excluding carboxylic acids is 1. The van der Waals surface area contributed by atoms with E-state index in [0.717, 1.165) is 16.2 Å². The van der Waals surface area contributed by atoms with Gasteiger partial charge in [0.05, 0.1) is 24.2 Å². The predicted molar refractivity (Wildman–Crippen MR) is 107 cm³/mol.